The van der Waals surface area contributed by atoms with Crippen LogP contribution in [0.5, 0.6) is 0 Å². The lowest BCUT2D eigenvalue weighted by molar-refractivity contribution is -0.138. The fourth-order valence-electron chi connectivity index (χ4n) is 1.69. The molecule has 1 aromatic carbocycles. The quantitative estimate of drug-likeness (QED) is 0.208. The molecule has 2 aromatic rings. The number of hydrogen-bond donors (Lipinski definition) is 2. The second-order valence-corrected chi connectivity index (χ2v) is 4.36. The van der Waals surface area contributed by atoms with Crippen molar-refractivity contribution in [2.45, 2.75) is 6.92 Å². The molecule has 1 aromatic heterocycles. The Morgan fingerprint density at radius 2 is 1.96 bits per heavy atom. The lowest BCUT2D eigenvalue weighted by atomic mass is 10.0. The molecule has 1 heterocycles. The van der Waals surface area contributed by atoms with Crippen LogP contribution < -0.4 is 5.32 Å². The van der Waals surface area contributed by atoms with Crippen molar-refractivity contribution in [3.8, 4) is 0 Å². The van der Waals surface area contributed by atoms with E-state index in [1.54, 1.807) is 0 Å². The number of aromatic nitrogens is 3. The summed E-state index contributed by atoms with van der Waals surface area (Å²) in [7, 11) is 0. The van der Waals surface area contributed by atoms with E-state index in [9.17, 15) is 22.8 Å². The second kappa shape index (κ2) is 7.40. The number of carbonyl (C=O) groups excluding carboxylic acids is 2. The summed E-state index contributed by atoms with van der Waals surface area (Å²) < 4.78 is 44.7. The van der Waals surface area contributed by atoms with Crippen LogP contribution in [-0.4, -0.2) is 33.8 Å². The summed E-state index contributed by atoms with van der Waals surface area (Å²) in [5.74, 6) is -6.27. The predicted molar refractivity (Wildman–Crippen MR) is 75.4 cm³/mol. The Morgan fingerprint density at radius 3 is 2.58 bits per heavy atom. The fourth-order valence-corrected chi connectivity index (χ4v) is 1.69. The highest BCUT2D eigenvalue weighted by Gasteiger charge is 2.25. The fraction of sp³-hybridized carbons (Fsp3) is 0.143. The summed E-state index contributed by atoms with van der Waals surface area (Å²) in [6.07, 6.45) is 2.24. The summed E-state index contributed by atoms with van der Waals surface area (Å²) in [6, 6.07) is 0.590. The van der Waals surface area contributed by atoms with Crippen LogP contribution >= 0.6 is 0 Å². The van der Waals surface area contributed by atoms with Crippen LogP contribution in [0.15, 0.2) is 30.1 Å². The Morgan fingerprint density at radius 1 is 1.25 bits per heavy atom. The molecule has 0 bridgehead atoms. The molecule has 2 rings (SSSR count). The SMILES string of the molecule is CCOC(=O)/C(=C\Nc1c[nH]nn1)C(=O)c1cc(F)c(F)cc1F. The zero-order valence-corrected chi connectivity index (χ0v) is 12.3. The van der Waals surface area contributed by atoms with Crippen molar-refractivity contribution in [3.63, 3.8) is 0 Å². The van der Waals surface area contributed by atoms with Gasteiger partial charge in [-0.3, -0.25) is 9.89 Å². The predicted octanol–water partition coefficient (Wildman–Crippen LogP) is 1.96. The molecule has 24 heavy (non-hydrogen) atoms. The van der Waals surface area contributed by atoms with Crippen molar-refractivity contribution >= 4 is 17.6 Å². The van der Waals surface area contributed by atoms with Gasteiger partial charge in [0, 0.05) is 12.3 Å². The number of ether oxygens (including phenoxy) is 1. The van der Waals surface area contributed by atoms with Crippen molar-refractivity contribution in [1.82, 2.24) is 15.4 Å². The Labute approximate surface area is 133 Å². The maximum absolute atomic E-state index is 13.7. The van der Waals surface area contributed by atoms with Crippen molar-refractivity contribution in [2.24, 2.45) is 0 Å². The molecule has 0 unspecified atom stereocenters. The van der Waals surface area contributed by atoms with Crippen molar-refractivity contribution in [1.29, 1.82) is 0 Å². The van der Waals surface area contributed by atoms with E-state index in [-0.39, 0.29) is 18.5 Å². The van der Waals surface area contributed by atoms with E-state index in [0.717, 1.165) is 6.20 Å². The van der Waals surface area contributed by atoms with Gasteiger partial charge in [-0.25, -0.2) is 18.0 Å². The standard InChI is InChI=1S/C14H11F3N4O3/c1-2-24-14(23)8(5-18-12-6-19-21-20-12)13(22)7-3-10(16)11(17)4-9(7)15/h3-6H,2H2,1H3,(H2,18,19,20,21)/b8-5-. The Balaban J connectivity index is 2.39. The molecule has 0 saturated heterocycles. The van der Waals surface area contributed by atoms with Gasteiger partial charge in [-0.15, -0.1) is 5.10 Å². The zero-order valence-electron chi connectivity index (χ0n) is 12.3. The van der Waals surface area contributed by atoms with Gasteiger partial charge in [0.05, 0.1) is 18.4 Å². The molecule has 0 radical (unpaired) electrons. The van der Waals surface area contributed by atoms with Gasteiger partial charge in [-0.05, 0) is 13.0 Å². The van der Waals surface area contributed by atoms with Crippen LogP contribution in [0.1, 0.15) is 17.3 Å². The number of H-pyrrole nitrogens is 1. The summed E-state index contributed by atoms with van der Waals surface area (Å²) in [6.45, 7) is 1.46. The van der Waals surface area contributed by atoms with Crippen molar-refractivity contribution < 1.29 is 27.5 Å². The van der Waals surface area contributed by atoms with Crippen LogP contribution in [0, 0.1) is 17.5 Å². The minimum atomic E-state index is -1.45. The monoisotopic (exact) mass is 340 g/mol. The average Bonchev–Trinajstić information content (AvgIpc) is 3.04. The van der Waals surface area contributed by atoms with Gasteiger partial charge in [-0.1, -0.05) is 5.21 Å². The molecule has 0 spiro atoms. The lowest BCUT2D eigenvalue weighted by Crippen LogP contribution is -2.19. The minimum Gasteiger partial charge on any atom is -0.462 e. The smallest absolute Gasteiger partial charge is 0.343 e. The molecule has 0 atom stereocenters. The van der Waals surface area contributed by atoms with E-state index >= 15 is 0 Å². The highest BCUT2D eigenvalue weighted by atomic mass is 19.2. The van der Waals surface area contributed by atoms with E-state index in [4.69, 9.17) is 4.74 Å². The molecule has 7 nitrogen and oxygen atoms in total. The first-order chi connectivity index (χ1) is 11.4. The molecule has 0 saturated carbocycles. The number of carbonyl (C=O) groups is 2. The Kier molecular flexibility index (Phi) is 5.30. The number of anilines is 1. The average molecular weight is 340 g/mol. The molecule has 126 valence electrons. The van der Waals surface area contributed by atoms with Crippen LogP contribution in [0.4, 0.5) is 19.0 Å². The third-order valence-corrected chi connectivity index (χ3v) is 2.78. The lowest BCUT2D eigenvalue weighted by Gasteiger charge is -2.08. The first-order valence-electron chi connectivity index (χ1n) is 6.63. The van der Waals surface area contributed by atoms with Gasteiger partial charge in [0.1, 0.15) is 11.4 Å². The molecule has 0 aliphatic rings. The third-order valence-electron chi connectivity index (χ3n) is 2.78. The van der Waals surface area contributed by atoms with Crippen molar-refractivity contribution in [3.05, 3.63) is 53.1 Å². The van der Waals surface area contributed by atoms with E-state index < -0.39 is 40.3 Å². The maximum Gasteiger partial charge on any atom is 0.343 e. The molecule has 0 fully saturated rings. The molecular weight excluding hydrogens is 329 g/mol. The number of ketones is 1. The van der Waals surface area contributed by atoms with E-state index in [1.807, 2.05) is 0 Å². The number of nitrogens with zero attached hydrogens (tertiary/aromatic N) is 2. The summed E-state index contributed by atoms with van der Waals surface area (Å²) in [4.78, 5) is 24.2. The van der Waals surface area contributed by atoms with Gasteiger partial charge in [0.2, 0.25) is 5.78 Å². The molecule has 2 N–H and O–H groups in total. The van der Waals surface area contributed by atoms with Gasteiger partial charge in [-0.2, -0.15) is 0 Å². The van der Waals surface area contributed by atoms with E-state index in [0.29, 0.717) is 6.07 Å². The van der Waals surface area contributed by atoms with Crippen LogP contribution in [0.25, 0.3) is 0 Å². The maximum atomic E-state index is 13.7. The molecule has 0 aliphatic carbocycles. The van der Waals surface area contributed by atoms with Crippen LogP contribution in [0.3, 0.4) is 0 Å². The van der Waals surface area contributed by atoms with Gasteiger partial charge >= 0.3 is 5.97 Å². The number of halogens is 3. The zero-order chi connectivity index (χ0) is 17.7. The van der Waals surface area contributed by atoms with Crippen molar-refractivity contribution in [2.75, 3.05) is 11.9 Å². The van der Waals surface area contributed by atoms with Crippen LogP contribution in [0.2, 0.25) is 0 Å². The summed E-state index contributed by atoms with van der Waals surface area (Å²) in [5.41, 5.74) is -1.43. The number of benzene rings is 1. The third kappa shape index (κ3) is 3.77. The topological polar surface area (TPSA) is 97.0 Å². The van der Waals surface area contributed by atoms with Gasteiger partial charge in [0.25, 0.3) is 0 Å². The Bertz CT molecular complexity index is 791. The minimum absolute atomic E-state index is 0.0479. The van der Waals surface area contributed by atoms with Gasteiger partial charge < -0.3 is 10.1 Å². The number of hydrogen-bond acceptors (Lipinski definition) is 6. The number of rotatable bonds is 6. The first kappa shape index (κ1) is 17.2. The number of nitrogens with one attached hydrogen (secondary N) is 2. The van der Waals surface area contributed by atoms with Gasteiger partial charge in [0.15, 0.2) is 17.5 Å². The highest BCUT2D eigenvalue weighted by molar-refractivity contribution is 6.24. The molecular formula is C14H11F3N4O3. The summed E-state index contributed by atoms with van der Waals surface area (Å²) >= 11 is 0. The Hall–Kier alpha value is -3.17. The van der Waals surface area contributed by atoms with E-state index in [1.165, 1.54) is 13.1 Å². The summed E-state index contributed by atoms with van der Waals surface area (Å²) in [5, 5.41) is 11.8. The number of Topliss-reactive ketones (excluding diaryl/α,β-unsaturated/α-hetero) is 1. The normalized spacial score (nSPS) is 11.2. The van der Waals surface area contributed by atoms with E-state index in [2.05, 4.69) is 20.7 Å². The number of aromatic amines is 1. The molecule has 10 heteroatoms. The molecule has 0 aliphatic heterocycles. The first-order valence-corrected chi connectivity index (χ1v) is 6.63. The largest absolute Gasteiger partial charge is 0.462 e. The number of esters is 1. The second-order valence-electron chi connectivity index (χ2n) is 4.36. The van der Waals surface area contributed by atoms with Crippen LogP contribution in [-0.2, 0) is 9.53 Å². The highest BCUT2D eigenvalue weighted by Crippen LogP contribution is 2.18. The molecule has 0 amide bonds.